The highest BCUT2D eigenvalue weighted by molar-refractivity contribution is 5.90. The van der Waals surface area contributed by atoms with Crippen molar-refractivity contribution in [3.05, 3.63) is 0 Å². The Kier molecular flexibility index (Phi) is 6.03. The highest BCUT2D eigenvalue weighted by Crippen LogP contribution is 2.66. The second-order valence-electron chi connectivity index (χ2n) is 10.3. The fourth-order valence-corrected chi connectivity index (χ4v) is 7.22. The third-order valence-corrected chi connectivity index (χ3v) is 8.56. The molecule has 0 aromatic carbocycles. The molecule has 0 radical (unpaired) electrons. The van der Waals surface area contributed by atoms with Gasteiger partial charge in [-0.3, -0.25) is 9.59 Å². The first kappa shape index (κ1) is 22.1. The van der Waals surface area contributed by atoms with E-state index in [0.717, 1.165) is 25.7 Å². The van der Waals surface area contributed by atoms with E-state index in [0.29, 0.717) is 18.8 Å². The molecule has 3 rings (SSSR count). The summed E-state index contributed by atoms with van der Waals surface area (Å²) in [7, 11) is 2.66. The maximum atomic E-state index is 13.6. The van der Waals surface area contributed by atoms with Crippen molar-refractivity contribution < 1.29 is 28.6 Å². The number of Topliss-reactive ketones (excluding diaryl/α,β-unsaturated/α-hetero) is 1. The fraction of sp³-hybridized carbons (Fsp3) is 0.870. The number of esters is 1. The molecular formula is C23H36O6. The number of ketones is 1. The number of carbonyl (C=O) groups is 3. The molecular weight excluding hydrogens is 372 g/mol. The predicted molar refractivity (Wildman–Crippen MR) is 107 cm³/mol. The highest BCUT2D eigenvalue weighted by atomic mass is 16.7. The van der Waals surface area contributed by atoms with Crippen LogP contribution in [0.1, 0.15) is 72.1 Å². The Morgan fingerprint density at radius 1 is 0.966 bits per heavy atom. The topological polar surface area (TPSA) is 78.9 Å². The molecule has 3 aliphatic carbocycles. The largest absolute Gasteiger partial charge is 0.508 e. The van der Waals surface area contributed by atoms with Gasteiger partial charge in [-0.1, -0.05) is 27.2 Å². The lowest BCUT2D eigenvalue weighted by Gasteiger charge is -2.62. The third-order valence-electron chi connectivity index (χ3n) is 8.56. The number of hydrogen-bond acceptors (Lipinski definition) is 6. The lowest BCUT2D eigenvalue weighted by atomic mass is 9.42. The van der Waals surface area contributed by atoms with Crippen LogP contribution >= 0.6 is 0 Å². The van der Waals surface area contributed by atoms with Gasteiger partial charge in [0.05, 0.1) is 25.6 Å². The summed E-state index contributed by atoms with van der Waals surface area (Å²) in [6, 6.07) is 0. The Balaban J connectivity index is 2.01. The minimum Gasteiger partial charge on any atom is -0.469 e. The van der Waals surface area contributed by atoms with E-state index in [1.165, 1.54) is 20.6 Å². The van der Waals surface area contributed by atoms with Crippen molar-refractivity contribution >= 4 is 17.9 Å². The van der Waals surface area contributed by atoms with Crippen LogP contribution in [-0.2, 0) is 23.8 Å². The van der Waals surface area contributed by atoms with E-state index in [-0.39, 0.29) is 41.5 Å². The molecule has 3 fully saturated rings. The fourth-order valence-electron chi connectivity index (χ4n) is 7.22. The van der Waals surface area contributed by atoms with Crippen molar-refractivity contribution in [3.8, 4) is 0 Å². The molecule has 6 nitrogen and oxygen atoms in total. The van der Waals surface area contributed by atoms with Gasteiger partial charge in [0.15, 0.2) is 0 Å². The Morgan fingerprint density at radius 3 is 2.34 bits per heavy atom. The van der Waals surface area contributed by atoms with Gasteiger partial charge in [0.25, 0.3) is 0 Å². The van der Waals surface area contributed by atoms with Crippen LogP contribution in [0.4, 0.5) is 4.79 Å². The van der Waals surface area contributed by atoms with E-state index in [1.807, 2.05) is 0 Å². The quantitative estimate of drug-likeness (QED) is 0.638. The molecule has 29 heavy (non-hydrogen) atoms. The smallest absolute Gasteiger partial charge is 0.469 e. The SMILES string of the molecule is COC(=O)OC[C@@]12CC[C@H]3C(C)(C)CCC[C@]3(C)[C@H]1CC[C@@H](C(=O)OC)CC2=O. The Labute approximate surface area is 174 Å². The average molecular weight is 409 g/mol. The van der Waals surface area contributed by atoms with Crippen molar-refractivity contribution in [3.63, 3.8) is 0 Å². The standard InChI is InChI=1S/C23H36O6/c1-21(2)10-6-11-22(3)16(21)9-12-23(14-29-20(26)28-5)17(22)8-7-15(13-18(23)24)19(25)27-4/h15-17H,6-14H2,1-5H3/t15-,16+,17-,22+,23+/m1/s1. The Bertz CT molecular complexity index is 670. The van der Waals surface area contributed by atoms with Crippen molar-refractivity contribution in [1.82, 2.24) is 0 Å². The second kappa shape index (κ2) is 7.92. The molecule has 3 aliphatic rings. The van der Waals surface area contributed by atoms with Gasteiger partial charge in [-0.25, -0.2) is 4.79 Å². The van der Waals surface area contributed by atoms with Crippen LogP contribution in [0.2, 0.25) is 0 Å². The summed E-state index contributed by atoms with van der Waals surface area (Å²) in [5.41, 5.74) is -0.532. The van der Waals surface area contributed by atoms with Gasteiger partial charge in [-0.05, 0) is 61.2 Å². The first-order valence-corrected chi connectivity index (χ1v) is 10.9. The van der Waals surface area contributed by atoms with Crippen molar-refractivity contribution in [1.29, 1.82) is 0 Å². The van der Waals surface area contributed by atoms with E-state index >= 15 is 0 Å². The zero-order chi connectivity index (χ0) is 21.4. The highest BCUT2D eigenvalue weighted by Gasteiger charge is 2.63. The molecule has 0 heterocycles. The van der Waals surface area contributed by atoms with Crippen molar-refractivity contribution in [2.75, 3.05) is 20.8 Å². The van der Waals surface area contributed by atoms with E-state index in [4.69, 9.17) is 9.47 Å². The summed E-state index contributed by atoms with van der Waals surface area (Å²) < 4.78 is 15.1. The van der Waals surface area contributed by atoms with Gasteiger partial charge >= 0.3 is 12.1 Å². The molecule has 0 unspecified atom stereocenters. The molecule has 6 heteroatoms. The molecule has 0 saturated heterocycles. The summed E-state index contributed by atoms with van der Waals surface area (Å²) >= 11 is 0. The minimum absolute atomic E-state index is 0.0137. The molecule has 0 bridgehead atoms. The van der Waals surface area contributed by atoms with Gasteiger partial charge < -0.3 is 14.2 Å². The number of ether oxygens (including phenoxy) is 3. The first-order chi connectivity index (χ1) is 13.6. The summed E-state index contributed by atoms with van der Waals surface area (Å²) in [5, 5.41) is 0. The first-order valence-electron chi connectivity index (χ1n) is 10.9. The molecule has 164 valence electrons. The van der Waals surface area contributed by atoms with Crippen LogP contribution in [0, 0.1) is 34.0 Å². The number of fused-ring (bicyclic) bond motifs is 3. The molecule has 0 spiro atoms. The summed E-state index contributed by atoms with van der Waals surface area (Å²) in [6.45, 7) is 7.08. The van der Waals surface area contributed by atoms with Crippen LogP contribution in [-0.4, -0.2) is 38.7 Å². The normalized spacial score (nSPS) is 38.8. The molecule has 5 atom stereocenters. The number of carbonyl (C=O) groups excluding carboxylic acids is 3. The third kappa shape index (κ3) is 3.68. The maximum Gasteiger partial charge on any atom is 0.508 e. The molecule has 0 amide bonds. The van der Waals surface area contributed by atoms with E-state index in [1.54, 1.807) is 0 Å². The second-order valence-corrected chi connectivity index (χ2v) is 10.3. The average Bonchev–Trinajstić information content (AvgIpc) is 2.82. The van der Waals surface area contributed by atoms with Crippen LogP contribution in [0.5, 0.6) is 0 Å². The Morgan fingerprint density at radius 2 is 1.69 bits per heavy atom. The predicted octanol–water partition coefficient (Wildman–Crippen LogP) is 4.54. The summed E-state index contributed by atoms with van der Waals surface area (Å²) in [5.74, 6) is -0.0802. The van der Waals surface area contributed by atoms with E-state index in [2.05, 4.69) is 25.5 Å². The van der Waals surface area contributed by atoms with Crippen LogP contribution in [0.3, 0.4) is 0 Å². The molecule has 3 saturated carbocycles. The van der Waals surface area contributed by atoms with E-state index < -0.39 is 17.5 Å². The van der Waals surface area contributed by atoms with Crippen molar-refractivity contribution in [2.24, 2.45) is 34.0 Å². The molecule has 0 aliphatic heterocycles. The zero-order valence-electron chi connectivity index (χ0n) is 18.5. The van der Waals surface area contributed by atoms with Gasteiger partial charge in [0.2, 0.25) is 0 Å². The monoisotopic (exact) mass is 408 g/mol. The van der Waals surface area contributed by atoms with Crippen molar-refractivity contribution in [2.45, 2.75) is 72.1 Å². The van der Waals surface area contributed by atoms with Gasteiger partial charge in [-0.15, -0.1) is 0 Å². The van der Waals surface area contributed by atoms with Crippen LogP contribution in [0.25, 0.3) is 0 Å². The number of methoxy groups -OCH3 is 2. The van der Waals surface area contributed by atoms with Gasteiger partial charge in [0, 0.05) is 6.42 Å². The summed E-state index contributed by atoms with van der Waals surface area (Å²) in [4.78, 5) is 37.7. The number of hydrogen-bond donors (Lipinski definition) is 0. The lowest BCUT2D eigenvalue weighted by molar-refractivity contribution is -0.168. The summed E-state index contributed by atoms with van der Waals surface area (Å²) in [6.07, 6.45) is 5.88. The van der Waals surface area contributed by atoms with Gasteiger partial charge in [-0.2, -0.15) is 0 Å². The minimum atomic E-state index is -0.754. The zero-order valence-corrected chi connectivity index (χ0v) is 18.5. The number of rotatable bonds is 3. The van der Waals surface area contributed by atoms with Crippen LogP contribution in [0.15, 0.2) is 0 Å². The Hall–Kier alpha value is -1.59. The lowest BCUT2D eigenvalue weighted by Crippen LogP contribution is -2.59. The molecule has 0 aromatic rings. The van der Waals surface area contributed by atoms with E-state index in [9.17, 15) is 14.4 Å². The van der Waals surface area contributed by atoms with Gasteiger partial charge in [0.1, 0.15) is 12.4 Å². The maximum absolute atomic E-state index is 13.6. The molecule has 0 aromatic heterocycles. The molecule has 0 N–H and O–H groups in total. The van der Waals surface area contributed by atoms with Crippen LogP contribution < -0.4 is 0 Å².